The molecule has 1 saturated carbocycles. The fourth-order valence-corrected chi connectivity index (χ4v) is 3.75. The van der Waals surface area contributed by atoms with E-state index in [-0.39, 0.29) is 29.6 Å². The molecule has 6 heteroatoms. The van der Waals surface area contributed by atoms with E-state index in [2.05, 4.69) is 5.32 Å². The van der Waals surface area contributed by atoms with E-state index in [0.29, 0.717) is 30.5 Å². The lowest BCUT2D eigenvalue weighted by Gasteiger charge is -2.21. The highest BCUT2D eigenvalue weighted by atomic mass is 16.5. The number of methoxy groups -OCH3 is 2. The molecule has 27 heavy (non-hydrogen) atoms. The topological polar surface area (TPSA) is 67.9 Å². The fraction of sp³-hybridized carbons (Fsp3) is 0.619. The molecule has 0 unspecified atom stereocenters. The van der Waals surface area contributed by atoms with Gasteiger partial charge >= 0.3 is 0 Å². The van der Waals surface area contributed by atoms with E-state index in [1.165, 1.54) is 12.8 Å². The number of carbonyl (C=O) groups excluding carboxylic acids is 2. The minimum Gasteiger partial charge on any atom is -0.497 e. The van der Waals surface area contributed by atoms with Crippen LogP contribution in [-0.4, -0.2) is 50.6 Å². The van der Waals surface area contributed by atoms with E-state index in [1.807, 2.05) is 36.9 Å². The first-order valence-electron chi connectivity index (χ1n) is 9.73. The summed E-state index contributed by atoms with van der Waals surface area (Å²) in [6.45, 7) is 5.51. The Morgan fingerprint density at radius 2 is 1.93 bits per heavy atom. The summed E-state index contributed by atoms with van der Waals surface area (Å²) < 4.78 is 10.9. The first kappa shape index (κ1) is 19.5. The van der Waals surface area contributed by atoms with Crippen LogP contribution in [0.25, 0.3) is 0 Å². The second-order valence-electron chi connectivity index (χ2n) is 7.91. The smallest absolute Gasteiger partial charge is 0.225 e. The molecule has 0 radical (unpaired) electrons. The molecule has 6 nitrogen and oxygen atoms in total. The Bertz CT molecular complexity index is 699. The van der Waals surface area contributed by atoms with Crippen LogP contribution in [0.15, 0.2) is 18.2 Å². The lowest BCUT2D eigenvalue weighted by Crippen LogP contribution is -2.37. The summed E-state index contributed by atoms with van der Waals surface area (Å²) in [7, 11) is 3.23. The molecule has 1 N–H and O–H groups in total. The third-order valence-corrected chi connectivity index (χ3v) is 5.56. The number of carbonyl (C=O) groups is 2. The van der Waals surface area contributed by atoms with Crippen LogP contribution in [0.4, 0.5) is 0 Å². The van der Waals surface area contributed by atoms with Crippen molar-refractivity contribution < 1.29 is 19.1 Å². The van der Waals surface area contributed by atoms with Crippen LogP contribution in [-0.2, 0) is 9.59 Å². The van der Waals surface area contributed by atoms with Gasteiger partial charge in [-0.2, -0.15) is 0 Å². The molecule has 1 heterocycles. The van der Waals surface area contributed by atoms with Crippen LogP contribution >= 0.6 is 0 Å². The zero-order valence-corrected chi connectivity index (χ0v) is 16.7. The van der Waals surface area contributed by atoms with Crippen LogP contribution in [0, 0.1) is 17.8 Å². The van der Waals surface area contributed by atoms with Gasteiger partial charge in [0, 0.05) is 43.1 Å². The molecule has 1 aromatic rings. The normalized spacial score (nSPS) is 22.0. The van der Waals surface area contributed by atoms with Gasteiger partial charge in [0.2, 0.25) is 11.8 Å². The van der Waals surface area contributed by atoms with Crippen molar-refractivity contribution in [1.29, 1.82) is 0 Å². The molecule has 1 aliphatic carbocycles. The number of hydrogen-bond acceptors (Lipinski definition) is 4. The number of nitrogens with zero attached hydrogens (tertiary/aromatic N) is 1. The van der Waals surface area contributed by atoms with Gasteiger partial charge in [-0.05, 0) is 24.8 Å². The van der Waals surface area contributed by atoms with Crippen molar-refractivity contribution in [3.8, 4) is 11.5 Å². The quantitative estimate of drug-likeness (QED) is 0.796. The summed E-state index contributed by atoms with van der Waals surface area (Å²) in [4.78, 5) is 27.3. The Kier molecular flexibility index (Phi) is 5.92. The van der Waals surface area contributed by atoms with Crippen LogP contribution in [0.1, 0.15) is 38.2 Å². The maximum absolute atomic E-state index is 12.9. The average molecular weight is 374 g/mol. The average Bonchev–Trinajstić information content (AvgIpc) is 3.41. The molecule has 1 aliphatic heterocycles. The minimum atomic E-state index is -0.270. The molecular weight excluding hydrogens is 344 g/mol. The van der Waals surface area contributed by atoms with Crippen LogP contribution in [0.5, 0.6) is 11.5 Å². The SMILES string of the molecule is COc1ccc([C@@H]2CN(C(=O)C(C)C)C[C@@H]2C(=O)NCC2CC2)c(OC)c1. The predicted molar refractivity (Wildman–Crippen MR) is 103 cm³/mol. The van der Waals surface area contributed by atoms with Gasteiger partial charge in [0.05, 0.1) is 20.1 Å². The molecule has 3 rings (SSSR count). The third kappa shape index (κ3) is 4.37. The lowest BCUT2D eigenvalue weighted by molar-refractivity contribution is -0.133. The molecule has 1 aromatic carbocycles. The van der Waals surface area contributed by atoms with Gasteiger partial charge in [0.15, 0.2) is 0 Å². The molecular formula is C21H30N2O4. The highest BCUT2D eigenvalue weighted by molar-refractivity contribution is 5.84. The first-order valence-corrected chi connectivity index (χ1v) is 9.73. The molecule has 2 atom stereocenters. The van der Waals surface area contributed by atoms with Crippen molar-refractivity contribution in [3.05, 3.63) is 23.8 Å². The number of hydrogen-bond donors (Lipinski definition) is 1. The standard InChI is InChI=1S/C21H30N2O4/c1-13(2)21(25)23-11-17(16-8-7-15(26-3)9-19(16)27-4)18(12-23)20(24)22-10-14-5-6-14/h7-9,13-14,17-18H,5-6,10-12H2,1-4H3,(H,22,24)/t17-,18-/m0/s1. The second kappa shape index (κ2) is 8.19. The van der Waals surface area contributed by atoms with Crippen molar-refractivity contribution in [3.63, 3.8) is 0 Å². The van der Waals surface area contributed by atoms with Gasteiger partial charge in [-0.15, -0.1) is 0 Å². The Hall–Kier alpha value is -2.24. The molecule has 148 valence electrons. The van der Waals surface area contributed by atoms with E-state index >= 15 is 0 Å². The van der Waals surface area contributed by atoms with Crippen molar-refractivity contribution in [2.24, 2.45) is 17.8 Å². The van der Waals surface area contributed by atoms with Crippen LogP contribution < -0.4 is 14.8 Å². The van der Waals surface area contributed by atoms with Crippen molar-refractivity contribution >= 4 is 11.8 Å². The highest BCUT2D eigenvalue weighted by Gasteiger charge is 2.42. The summed E-state index contributed by atoms with van der Waals surface area (Å²) in [5.74, 6) is 1.70. The Morgan fingerprint density at radius 3 is 2.52 bits per heavy atom. The number of ether oxygens (including phenoxy) is 2. The second-order valence-corrected chi connectivity index (χ2v) is 7.91. The molecule has 0 bridgehead atoms. The maximum atomic E-state index is 12.9. The van der Waals surface area contributed by atoms with Crippen molar-refractivity contribution in [1.82, 2.24) is 10.2 Å². The van der Waals surface area contributed by atoms with Gasteiger partial charge in [-0.25, -0.2) is 0 Å². The number of nitrogens with one attached hydrogen (secondary N) is 1. The summed E-state index contributed by atoms with van der Waals surface area (Å²) in [5, 5.41) is 3.09. The van der Waals surface area contributed by atoms with Gasteiger partial charge in [-0.3, -0.25) is 9.59 Å². The summed E-state index contributed by atoms with van der Waals surface area (Å²) in [5.41, 5.74) is 0.948. The van der Waals surface area contributed by atoms with Crippen LogP contribution in [0.2, 0.25) is 0 Å². The van der Waals surface area contributed by atoms with Crippen LogP contribution in [0.3, 0.4) is 0 Å². The van der Waals surface area contributed by atoms with Gasteiger partial charge in [-0.1, -0.05) is 19.9 Å². The van der Waals surface area contributed by atoms with E-state index in [9.17, 15) is 9.59 Å². The lowest BCUT2D eigenvalue weighted by atomic mass is 9.87. The molecule has 2 fully saturated rings. The highest BCUT2D eigenvalue weighted by Crippen LogP contribution is 2.40. The maximum Gasteiger partial charge on any atom is 0.225 e. The van der Waals surface area contributed by atoms with E-state index in [4.69, 9.17) is 9.47 Å². The minimum absolute atomic E-state index is 0.0313. The van der Waals surface area contributed by atoms with Gasteiger partial charge in [0.1, 0.15) is 11.5 Å². The number of benzene rings is 1. The first-order chi connectivity index (χ1) is 12.9. The predicted octanol–water partition coefficient (Wildman–Crippen LogP) is 2.43. The van der Waals surface area contributed by atoms with Crippen molar-refractivity contribution in [2.75, 3.05) is 33.9 Å². The Balaban J connectivity index is 1.86. The van der Waals surface area contributed by atoms with Crippen molar-refractivity contribution in [2.45, 2.75) is 32.6 Å². The monoisotopic (exact) mass is 374 g/mol. The number of rotatable bonds is 7. The van der Waals surface area contributed by atoms with E-state index < -0.39 is 0 Å². The summed E-state index contributed by atoms with van der Waals surface area (Å²) in [6, 6.07) is 5.66. The Labute approximate surface area is 161 Å². The largest absolute Gasteiger partial charge is 0.497 e. The number of amides is 2. The zero-order valence-electron chi connectivity index (χ0n) is 16.7. The molecule has 0 spiro atoms. The summed E-state index contributed by atoms with van der Waals surface area (Å²) >= 11 is 0. The zero-order chi connectivity index (χ0) is 19.6. The Morgan fingerprint density at radius 1 is 1.19 bits per heavy atom. The molecule has 1 saturated heterocycles. The van der Waals surface area contributed by atoms with Gasteiger partial charge < -0.3 is 19.7 Å². The van der Waals surface area contributed by atoms with E-state index in [1.54, 1.807) is 14.2 Å². The summed E-state index contributed by atoms with van der Waals surface area (Å²) in [6.07, 6.45) is 2.39. The molecule has 0 aromatic heterocycles. The third-order valence-electron chi connectivity index (χ3n) is 5.56. The fourth-order valence-electron chi connectivity index (χ4n) is 3.75. The van der Waals surface area contributed by atoms with E-state index in [0.717, 1.165) is 12.1 Å². The molecule has 2 aliphatic rings. The van der Waals surface area contributed by atoms with Gasteiger partial charge in [0.25, 0.3) is 0 Å². The molecule has 2 amide bonds. The number of likely N-dealkylation sites (tertiary alicyclic amines) is 1.